The summed E-state index contributed by atoms with van der Waals surface area (Å²) in [6.07, 6.45) is 2.72. The number of sulfonamides is 1. The maximum Gasteiger partial charge on any atom is 0.217 e. The fourth-order valence-electron chi connectivity index (χ4n) is 2.76. The SMILES string of the molecule is Cc1cccc2c1c(CCNS(=O)(=O)Cc1csnn1)cn2C. The van der Waals surface area contributed by atoms with Gasteiger partial charge in [0, 0.05) is 36.1 Å². The largest absolute Gasteiger partial charge is 0.350 e. The molecule has 0 aliphatic rings. The molecule has 1 N–H and O–H groups in total. The van der Waals surface area contributed by atoms with Gasteiger partial charge in [-0.3, -0.25) is 0 Å². The molecule has 1 aromatic carbocycles. The third-order valence-corrected chi connectivity index (χ3v) is 5.63. The number of benzene rings is 1. The minimum atomic E-state index is -3.38. The van der Waals surface area contributed by atoms with E-state index < -0.39 is 10.0 Å². The van der Waals surface area contributed by atoms with Gasteiger partial charge < -0.3 is 4.57 Å². The van der Waals surface area contributed by atoms with E-state index in [-0.39, 0.29) is 5.75 Å². The van der Waals surface area contributed by atoms with Crippen LogP contribution in [0.15, 0.2) is 29.8 Å². The molecule has 0 fully saturated rings. The average molecular weight is 350 g/mol. The summed E-state index contributed by atoms with van der Waals surface area (Å²) in [6.45, 7) is 2.44. The summed E-state index contributed by atoms with van der Waals surface area (Å²) in [6, 6.07) is 6.18. The molecule has 0 spiro atoms. The summed E-state index contributed by atoms with van der Waals surface area (Å²) >= 11 is 1.15. The average Bonchev–Trinajstić information content (AvgIpc) is 3.08. The van der Waals surface area contributed by atoms with E-state index in [0.717, 1.165) is 22.6 Å². The molecule has 23 heavy (non-hydrogen) atoms. The lowest BCUT2D eigenvalue weighted by Crippen LogP contribution is -2.27. The van der Waals surface area contributed by atoms with Gasteiger partial charge in [0.2, 0.25) is 10.0 Å². The highest BCUT2D eigenvalue weighted by Crippen LogP contribution is 2.24. The van der Waals surface area contributed by atoms with E-state index in [1.807, 2.05) is 13.1 Å². The van der Waals surface area contributed by atoms with Crippen LogP contribution in [0.2, 0.25) is 0 Å². The van der Waals surface area contributed by atoms with Gasteiger partial charge in [0.1, 0.15) is 5.75 Å². The van der Waals surface area contributed by atoms with Gasteiger partial charge in [-0.05, 0) is 42.1 Å². The number of nitrogens with zero attached hydrogens (tertiary/aromatic N) is 3. The van der Waals surface area contributed by atoms with Crippen molar-refractivity contribution < 1.29 is 8.42 Å². The molecule has 3 aromatic rings. The van der Waals surface area contributed by atoms with Crippen molar-refractivity contribution in [3.8, 4) is 0 Å². The molecule has 0 aliphatic heterocycles. The molecular formula is C15H18N4O2S2. The molecule has 0 bridgehead atoms. The van der Waals surface area contributed by atoms with Gasteiger partial charge in [0.05, 0.1) is 5.69 Å². The predicted octanol–water partition coefficient (Wildman–Crippen LogP) is 2.00. The van der Waals surface area contributed by atoms with Crippen molar-refractivity contribution in [2.75, 3.05) is 6.54 Å². The maximum atomic E-state index is 12.0. The molecule has 3 rings (SSSR count). The van der Waals surface area contributed by atoms with Crippen LogP contribution < -0.4 is 4.72 Å². The molecule has 2 heterocycles. The molecule has 6 nitrogen and oxygen atoms in total. The van der Waals surface area contributed by atoms with Crippen molar-refractivity contribution in [3.63, 3.8) is 0 Å². The summed E-state index contributed by atoms with van der Waals surface area (Å²) in [5.74, 6) is -0.127. The smallest absolute Gasteiger partial charge is 0.217 e. The van der Waals surface area contributed by atoms with Gasteiger partial charge in [-0.15, -0.1) is 5.10 Å². The Morgan fingerprint density at radius 3 is 2.91 bits per heavy atom. The van der Waals surface area contributed by atoms with Crippen molar-refractivity contribution in [1.29, 1.82) is 0 Å². The second kappa shape index (κ2) is 6.38. The summed E-state index contributed by atoms with van der Waals surface area (Å²) in [5, 5.41) is 6.62. The van der Waals surface area contributed by atoms with Gasteiger partial charge in [0.25, 0.3) is 0 Å². The van der Waals surface area contributed by atoms with Crippen LogP contribution in [0.1, 0.15) is 16.8 Å². The molecular weight excluding hydrogens is 332 g/mol. The zero-order valence-electron chi connectivity index (χ0n) is 13.0. The summed E-state index contributed by atoms with van der Waals surface area (Å²) in [7, 11) is -1.38. The Bertz CT molecular complexity index is 915. The second-order valence-electron chi connectivity index (χ2n) is 5.53. The molecule has 122 valence electrons. The summed E-state index contributed by atoms with van der Waals surface area (Å²) < 4.78 is 32.5. The topological polar surface area (TPSA) is 76.9 Å². The minimum Gasteiger partial charge on any atom is -0.350 e. The first-order valence-electron chi connectivity index (χ1n) is 7.23. The molecule has 8 heteroatoms. The summed E-state index contributed by atoms with van der Waals surface area (Å²) in [5.41, 5.74) is 3.99. The lowest BCUT2D eigenvalue weighted by molar-refractivity contribution is 0.580. The Morgan fingerprint density at radius 1 is 1.35 bits per heavy atom. The molecule has 0 radical (unpaired) electrons. The normalized spacial score (nSPS) is 12.1. The Labute approximate surface area is 139 Å². The number of fused-ring (bicyclic) bond motifs is 1. The van der Waals surface area contributed by atoms with Crippen molar-refractivity contribution in [2.45, 2.75) is 19.1 Å². The highest BCUT2D eigenvalue weighted by atomic mass is 32.2. The minimum absolute atomic E-state index is 0.127. The molecule has 0 atom stereocenters. The first-order chi connectivity index (χ1) is 11.0. The van der Waals surface area contributed by atoms with Crippen molar-refractivity contribution in [2.24, 2.45) is 7.05 Å². The number of hydrogen-bond donors (Lipinski definition) is 1. The highest BCUT2D eigenvalue weighted by molar-refractivity contribution is 7.88. The zero-order valence-corrected chi connectivity index (χ0v) is 14.6. The Balaban J connectivity index is 1.69. The molecule has 0 aliphatic carbocycles. The first kappa shape index (κ1) is 16.1. The van der Waals surface area contributed by atoms with E-state index >= 15 is 0 Å². The van der Waals surface area contributed by atoms with Gasteiger partial charge in [0.15, 0.2) is 0 Å². The van der Waals surface area contributed by atoms with Gasteiger partial charge in [-0.25, -0.2) is 13.1 Å². The lowest BCUT2D eigenvalue weighted by Gasteiger charge is -2.05. The van der Waals surface area contributed by atoms with Crippen LogP contribution in [0.4, 0.5) is 0 Å². The van der Waals surface area contributed by atoms with E-state index in [2.05, 4.69) is 44.1 Å². The van der Waals surface area contributed by atoms with Crippen LogP contribution in [0.5, 0.6) is 0 Å². The standard InChI is InChI=1S/C15H18N4O2S2/c1-11-4-3-5-14-15(11)12(8-19(14)2)6-7-16-23(20,21)10-13-9-22-18-17-13/h3-5,8-9,16H,6-7,10H2,1-2H3. The second-order valence-corrected chi connectivity index (χ2v) is 7.95. The monoisotopic (exact) mass is 350 g/mol. The Kier molecular flexibility index (Phi) is 4.47. The van der Waals surface area contributed by atoms with E-state index in [1.165, 1.54) is 10.9 Å². The Hall–Kier alpha value is -1.77. The van der Waals surface area contributed by atoms with Crippen molar-refractivity contribution in [3.05, 3.63) is 46.6 Å². The number of hydrogen-bond acceptors (Lipinski definition) is 5. The van der Waals surface area contributed by atoms with Crippen LogP contribution in [0, 0.1) is 6.92 Å². The number of nitrogens with one attached hydrogen (secondary N) is 1. The van der Waals surface area contributed by atoms with Gasteiger partial charge >= 0.3 is 0 Å². The van der Waals surface area contributed by atoms with Crippen LogP contribution in [-0.2, 0) is 29.2 Å². The molecule has 0 saturated carbocycles. The fraction of sp³-hybridized carbons (Fsp3) is 0.333. The number of aromatic nitrogens is 3. The lowest BCUT2D eigenvalue weighted by atomic mass is 10.1. The molecule has 0 amide bonds. The van der Waals surface area contributed by atoms with Crippen LogP contribution >= 0.6 is 11.5 Å². The van der Waals surface area contributed by atoms with Crippen molar-refractivity contribution >= 4 is 32.5 Å². The first-order valence-corrected chi connectivity index (χ1v) is 9.72. The predicted molar refractivity (Wildman–Crippen MR) is 91.9 cm³/mol. The van der Waals surface area contributed by atoms with Gasteiger partial charge in [-0.1, -0.05) is 16.6 Å². The summed E-state index contributed by atoms with van der Waals surface area (Å²) in [4.78, 5) is 0. The number of rotatable bonds is 6. The third kappa shape index (κ3) is 3.60. The highest BCUT2D eigenvalue weighted by Gasteiger charge is 2.14. The van der Waals surface area contributed by atoms with Crippen LogP contribution in [-0.4, -0.2) is 29.1 Å². The Morgan fingerprint density at radius 2 is 2.17 bits per heavy atom. The van der Waals surface area contributed by atoms with Gasteiger partial charge in [-0.2, -0.15) is 0 Å². The zero-order chi connectivity index (χ0) is 16.4. The quantitative estimate of drug-likeness (QED) is 0.738. The van der Waals surface area contributed by atoms with E-state index in [9.17, 15) is 8.42 Å². The van der Waals surface area contributed by atoms with Crippen LogP contribution in [0.3, 0.4) is 0 Å². The van der Waals surface area contributed by atoms with E-state index in [4.69, 9.17) is 0 Å². The third-order valence-electron chi connectivity index (χ3n) is 3.76. The molecule has 2 aromatic heterocycles. The molecule has 0 saturated heterocycles. The van der Waals surface area contributed by atoms with Crippen LogP contribution in [0.25, 0.3) is 10.9 Å². The van der Waals surface area contributed by atoms with Crippen molar-refractivity contribution in [1.82, 2.24) is 18.9 Å². The van der Waals surface area contributed by atoms with E-state index in [1.54, 1.807) is 5.38 Å². The number of aryl methyl sites for hydroxylation is 2. The molecule has 0 unspecified atom stereocenters. The van der Waals surface area contributed by atoms with E-state index in [0.29, 0.717) is 18.7 Å². The maximum absolute atomic E-state index is 12.0. The fourth-order valence-corrected chi connectivity index (χ4v) is 4.36.